The van der Waals surface area contributed by atoms with E-state index in [0.717, 1.165) is 19.9 Å². The highest BCUT2D eigenvalue weighted by atomic mass is 35.5. The number of hydrogen-bond acceptors (Lipinski definition) is 4. The number of thiophene rings is 1. The van der Waals surface area contributed by atoms with Gasteiger partial charge >= 0.3 is 5.97 Å². The van der Waals surface area contributed by atoms with Gasteiger partial charge in [0.2, 0.25) is 0 Å². The zero-order valence-electron chi connectivity index (χ0n) is 11.5. The smallest absolute Gasteiger partial charge is 0.347 e. The number of methoxy groups -OCH3 is 1. The van der Waals surface area contributed by atoms with Gasteiger partial charge in [-0.2, -0.15) is 0 Å². The van der Waals surface area contributed by atoms with Crippen molar-refractivity contribution in [2.24, 2.45) is 0 Å². The number of carbonyl (C=O) groups is 1. The summed E-state index contributed by atoms with van der Waals surface area (Å²) in [7, 11) is 1.59. The van der Waals surface area contributed by atoms with E-state index >= 15 is 0 Å². The fourth-order valence-electron chi connectivity index (χ4n) is 2.04. The summed E-state index contributed by atoms with van der Waals surface area (Å²) in [5.41, 5.74) is 0. The predicted octanol–water partition coefficient (Wildman–Crippen LogP) is 5.41. The van der Waals surface area contributed by atoms with Crippen LogP contribution in [0.15, 0.2) is 52.3 Å². The van der Waals surface area contributed by atoms with Crippen LogP contribution in [-0.4, -0.2) is 18.2 Å². The van der Waals surface area contributed by atoms with Crippen molar-refractivity contribution in [2.45, 2.75) is 9.79 Å². The largest absolute Gasteiger partial charge is 0.497 e. The van der Waals surface area contributed by atoms with Crippen molar-refractivity contribution in [1.82, 2.24) is 0 Å². The van der Waals surface area contributed by atoms with Gasteiger partial charge in [0.05, 0.1) is 7.11 Å². The van der Waals surface area contributed by atoms with Crippen LogP contribution in [0, 0.1) is 0 Å². The standard InChI is InChI=1S/C16H11ClO3S2/c1-20-10-4-7-13-12(8-10)14(15(22-13)16(18)19)21-11-5-2-9(17)3-6-11/h2-8H,1H3,(H,18,19). The average molecular weight is 351 g/mol. The van der Waals surface area contributed by atoms with E-state index < -0.39 is 5.97 Å². The van der Waals surface area contributed by atoms with Crippen molar-refractivity contribution in [2.75, 3.05) is 7.11 Å². The first-order valence-corrected chi connectivity index (χ1v) is 8.37. The second-order valence-electron chi connectivity index (χ2n) is 4.48. The number of hydrogen-bond donors (Lipinski definition) is 1. The van der Waals surface area contributed by atoms with E-state index in [-0.39, 0.29) is 0 Å². The lowest BCUT2D eigenvalue weighted by molar-refractivity contribution is 0.0699. The quantitative estimate of drug-likeness (QED) is 0.683. The molecule has 112 valence electrons. The van der Waals surface area contributed by atoms with Crippen LogP contribution in [0.5, 0.6) is 5.75 Å². The molecular formula is C16H11ClO3S2. The maximum atomic E-state index is 11.5. The number of halogens is 1. The predicted molar refractivity (Wildman–Crippen MR) is 90.9 cm³/mol. The third kappa shape index (κ3) is 2.92. The molecule has 0 aliphatic rings. The van der Waals surface area contributed by atoms with Gasteiger partial charge in [-0.1, -0.05) is 23.4 Å². The highest BCUT2D eigenvalue weighted by Gasteiger charge is 2.19. The van der Waals surface area contributed by atoms with Gasteiger partial charge in [-0.25, -0.2) is 4.79 Å². The minimum atomic E-state index is -0.920. The topological polar surface area (TPSA) is 46.5 Å². The van der Waals surface area contributed by atoms with Gasteiger partial charge in [-0.15, -0.1) is 11.3 Å². The Labute approximate surface area is 140 Å². The normalized spacial score (nSPS) is 10.8. The summed E-state index contributed by atoms with van der Waals surface area (Å²) in [6.07, 6.45) is 0. The SMILES string of the molecule is COc1ccc2sc(C(=O)O)c(Sc3ccc(Cl)cc3)c2c1. The van der Waals surface area contributed by atoms with Gasteiger partial charge in [-0.05, 0) is 42.5 Å². The minimum absolute atomic E-state index is 0.336. The summed E-state index contributed by atoms with van der Waals surface area (Å²) >= 11 is 8.59. The molecule has 0 spiro atoms. The number of carboxylic acids is 1. The Bertz CT molecular complexity index is 840. The molecule has 6 heteroatoms. The molecule has 1 N–H and O–H groups in total. The van der Waals surface area contributed by atoms with Gasteiger partial charge in [-0.3, -0.25) is 0 Å². The Morgan fingerprint density at radius 1 is 1.23 bits per heavy atom. The zero-order chi connectivity index (χ0) is 15.7. The molecule has 0 bridgehead atoms. The van der Waals surface area contributed by atoms with E-state index in [1.807, 2.05) is 30.3 Å². The van der Waals surface area contributed by atoms with Gasteiger partial charge in [0.15, 0.2) is 0 Å². The number of carboxylic acid groups (broad SMARTS) is 1. The fraction of sp³-hybridized carbons (Fsp3) is 0.0625. The van der Waals surface area contributed by atoms with Gasteiger partial charge in [0.25, 0.3) is 0 Å². The summed E-state index contributed by atoms with van der Waals surface area (Å²) in [4.78, 5) is 13.5. The molecular weight excluding hydrogens is 340 g/mol. The first-order chi connectivity index (χ1) is 10.6. The first kappa shape index (κ1) is 15.2. The Balaban J connectivity index is 2.13. The summed E-state index contributed by atoms with van der Waals surface area (Å²) in [5.74, 6) is -0.211. The van der Waals surface area contributed by atoms with Gasteiger partial charge < -0.3 is 9.84 Å². The van der Waals surface area contributed by atoms with Crippen LogP contribution in [0.4, 0.5) is 0 Å². The highest BCUT2D eigenvalue weighted by molar-refractivity contribution is 7.99. The first-order valence-electron chi connectivity index (χ1n) is 6.35. The van der Waals surface area contributed by atoms with Crippen molar-refractivity contribution in [3.63, 3.8) is 0 Å². The van der Waals surface area contributed by atoms with Crippen LogP contribution in [0.2, 0.25) is 5.02 Å². The molecule has 0 saturated heterocycles. The Morgan fingerprint density at radius 3 is 2.59 bits per heavy atom. The van der Waals surface area contributed by atoms with Crippen molar-refractivity contribution < 1.29 is 14.6 Å². The third-order valence-corrected chi connectivity index (χ3v) is 5.75. The highest BCUT2D eigenvalue weighted by Crippen LogP contribution is 2.43. The van der Waals surface area contributed by atoms with Crippen LogP contribution in [0.3, 0.4) is 0 Å². The van der Waals surface area contributed by atoms with E-state index in [4.69, 9.17) is 16.3 Å². The van der Waals surface area contributed by atoms with Crippen LogP contribution in [0.1, 0.15) is 9.67 Å². The van der Waals surface area contributed by atoms with E-state index in [9.17, 15) is 9.90 Å². The number of fused-ring (bicyclic) bond motifs is 1. The minimum Gasteiger partial charge on any atom is -0.497 e. The van der Waals surface area contributed by atoms with Crippen LogP contribution >= 0.6 is 34.7 Å². The number of rotatable bonds is 4. The second-order valence-corrected chi connectivity index (χ2v) is 7.06. The molecule has 0 aliphatic carbocycles. The number of aromatic carboxylic acids is 1. The molecule has 1 heterocycles. The van der Waals surface area contributed by atoms with E-state index in [1.54, 1.807) is 19.2 Å². The summed E-state index contributed by atoms with van der Waals surface area (Å²) in [6, 6.07) is 12.9. The molecule has 2 aromatic carbocycles. The summed E-state index contributed by atoms with van der Waals surface area (Å²) < 4.78 is 6.17. The Hall–Kier alpha value is -1.69. The van der Waals surface area contributed by atoms with Gasteiger partial charge in [0.1, 0.15) is 10.6 Å². The van der Waals surface area contributed by atoms with E-state index in [2.05, 4.69) is 0 Å². The number of benzene rings is 2. The molecule has 0 fully saturated rings. The molecule has 0 saturated carbocycles. The monoisotopic (exact) mass is 350 g/mol. The molecule has 22 heavy (non-hydrogen) atoms. The maximum Gasteiger partial charge on any atom is 0.347 e. The molecule has 0 unspecified atom stereocenters. The average Bonchev–Trinajstić information content (AvgIpc) is 2.87. The van der Waals surface area contributed by atoms with Crippen molar-refractivity contribution in [3.8, 4) is 5.75 Å². The number of ether oxygens (including phenoxy) is 1. The molecule has 0 amide bonds. The van der Waals surface area contributed by atoms with Gasteiger partial charge in [0, 0.05) is 24.9 Å². The second kappa shape index (κ2) is 6.20. The molecule has 1 aromatic heterocycles. The molecule has 0 aliphatic heterocycles. The van der Waals surface area contributed by atoms with Crippen molar-refractivity contribution in [1.29, 1.82) is 0 Å². The lowest BCUT2D eigenvalue weighted by Gasteiger charge is -2.04. The Kier molecular flexibility index (Phi) is 4.29. The third-order valence-electron chi connectivity index (χ3n) is 3.08. The molecule has 0 radical (unpaired) electrons. The van der Waals surface area contributed by atoms with Crippen molar-refractivity contribution in [3.05, 3.63) is 52.4 Å². The van der Waals surface area contributed by atoms with Crippen LogP contribution < -0.4 is 4.74 Å². The summed E-state index contributed by atoms with van der Waals surface area (Å²) in [6.45, 7) is 0. The summed E-state index contributed by atoms with van der Waals surface area (Å²) in [5, 5.41) is 11.0. The lowest BCUT2D eigenvalue weighted by atomic mass is 10.2. The lowest BCUT2D eigenvalue weighted by Crippen LogP contribution is -1.93. The van der Waals surface area contributed by atoms with Crippen molar-refractivity contribution >= 4 is 50.8 Å². The fourth-order valence-corrected chi connectivity index (χ4v) is 4.37. The maximum absolute atomic E-state index is 11.5. The zero-order valence-corrected chi connectivity index (χ0v) is 13.9. The molecule has 3 nitrogen and oxygen atoms in total. The molecule has 0 atom stereocenters. The Morgan fingerprint density at radius 2 is 1.95 bits per heavy atom. The van der Waals surface area contributed by atoms with E-state index in [1.165, 1.54) is 23.1 Å². The van der Waals surface area contributed by atoms with Crippen LogP contribution in [0.25, 0.3) is 10.1 Å². The molecule has 3 aromatic rings. The van der Waals surface area contributed by atoms with Crippen LogP contribution in [-0.2, 0) is 0 Å². The van der Waals surface area contributed by atoms with E-state index in [0.29, 0.717) is 15.6 Å². The molecule has 3 rings (SSSR count).